The summed E-state index contributed by atoms with van der Waals surface area (Å²) in [6.07, 6.45) is 0. The van der Waals surface area contributed by atoms with E-state index in [1.165, 1.54) is 4.90 Å². The van der Waals surface area contributed by atoms with Gasteiger partial charge in [0.1, 0.15) is 19.0 Å². The largest absolute Gasteiger partial charge is 0.489 e. The first-order valence-electron chi connectivity index (χ1n) is 10.3. The van der Waals surface area contributed by atoms with Crippen LogP contribution in [0.2, 0.25) is 0 Å². The van der Waals surface area contributed by atoms with E-state index in [0.29, 0.717) is 36.8 Å². The number of urea groups is 1. The van der Waals surface area contributed by atoms with E-state index in [1.54, 1.807) is 14.0 Å². The van der Waals surface area contributed by atoms with E-state index in [2.05, 4.69) is 5.32 Å². The summed E-state index contributed by atoms with van der Waals surface area (Å²) in [5, 5.41) is 2.88. The van der Waals surface area contributed by atoms with Crippen LogP contribution in [0.25, 0.3) is 0 Å². The maximum Gasteiger partial charge on any atom is 0.338 e. The number of allylic oxidation sites excluding steroid dienone is 1. The molecule has 1 N–H and O–H groups in total. The highest BCUT2D eigenvalue weighted by atomic mass is 16.6. The molecule has 164 valence electrons. The fraction of sp³-hybridized carbons (Fsp3) is 0.333. The van der Waals surface area contributed by atoms with Gasteiger partial charge in [0.05, 0.1) is 18.2 Å². The van der Waals surface area contributed by atoms with Crippen LogP contribution in [0.4, 0.5) is 4.79 Å². The van der Waals surface area contributed by atoms with Gasteiger partial charge < -0.3 is 24.4 Å². The number of nitrogens with zero attached hydrogens (tertiary/aromatic N) is 1. The van der Waals surface area contributed by atoms with E-state index in [0.717, 1.165) is 11.1 Å². The highest BCUT2D eigenvalue weighted by Crippen LogP contribution is 2.31. The van der Waals surface area contributed by atoms with E-state index in [1.807, 2.05) is 61.5 Å². The van der Waals surface area contributed by atoms with E-state index in [9.17, 15) is 9.59 Å². The van der Waals surface area contributed by atoms with Crippen molar-refractivity contribution < 1.29 is 23.8 Å². The van der Waals surface area contributed by atoms with Gasteiger partial charge in [-0.1, -0.05) is 42.5 Å². The number of rotatable bonds is 9. The molecule has 7 heteroatoms. The predicted octanol–water partition coefficient (Wildman–Crippen LogP) is 3.82. The van der Waals surface area contributed by atoms with Crippen LogP contribution in [0.5, 0.6) is 5.75 Å². The molecule has 0 saturated heterocycles. The molecule has 7 nitrogen and oxygen atoms in total. The lowest BCUT2D eigenvalue weighted by molar-refractivity contribution is -0.141. The summed E-state index contributed by atoms with van der Waals surface area (Å²) in [6, 6.07) is 16.4. The van der Waals surface area contributed by atoms with E-state index in [-0.39, 0.29) is 12.6 Å². The van der Waals surface area contributed by atoms with Crippen molar-refractivity contribution in [2.45, 2.75) is 26.5 Å². The Bertz CT molecular complexity index is 925. The van der Waals surface area contributed by atoms with E-state index < -0.39 is 12.0 Å². The van der Waals surface area contributed by atoms with Crippen LogP contribution in [0, 0.1) is 0 Å². The highest BCUT2D eigenvalue weighted by molar-refractivity contribution is 5.95. The second kappa shape index (κ2) is 10.6. The van der Waals surface area contributed by atoms with Crippen molar-refractivity contribution in [3.63, 3.8) is 0 Å². The fourth-order valence-corrected chi connectivity index (χ4v) is 3.26. The van der Waals surface area contributed by atoms with Crippen LogP contribution in [-0.2, 0) is 20.9 Å². The number of carbonyl (C=O) groups excluding carboxylic acids is 2. The van der Waals surface area contributed by atoms with Crippen LogP contribution >= 0.6 is 0 Å². The maximum absolute atomic E-state index is 12.8. The van der Waals surface area contributed by atoms with Gasteiger partial charge in [0, 0.05) is 19.4 Å². The van der Waals surface area contributed by atoms with Crippen LogP contribution < -0.4 is 10.1 Å². The predicted molar refractivity (Wildman–Crippen MR) is 116 cm³/mol. The molecule has 0 aromatic heterocycles. The van der Waals surface area contributed by atoms with Crippen molar-refractivity contribution in [3.05, 3.63) is 77.0 Å². The quantitative estimate of drug-likeness (QED) is 0.489. The minimum atomic E-state index is -0.605. The number of carbonyl (C=O) groups is 2. The first-order valence-corrected chi connectivity index (χ1v) is 10.3. The average molecular weight is 424 g/mol. The van der Waals surface area contributed by atoms with Crippen LogP contribution in [0.15, 0.2) is 65.9 Å². The summed E-state index contributed by atoms with van der Waals surface area (Å²) in [4.78, 5) is 26.6. The van der Waals surface area contributed by atoms with Crippen molar-refractivity contribution in [2.24, 2.45) is 0 Å². The van der Waals surface area contributed by atoms with Gasteiger partial charge in [-0.05, 0) is 37.1 Å². The Morgan fingerprint density at radius 1 is 1.06 bits per heavy atom. The van der Waals surface area contributed by atoms with Gasteiger partial charge in [-0.2, -0.15) is 0 Å². The molecule has 1 aliphatic rings. The highest BCUT2D eigenvalue weighted by Gasteiger charge is 2.35. The monoisotopic (exact) mass is 424 g/mol. The van der Waals surface area contributed by atoms with Crippen molar-refractivity contribution in [1.29, 1.82) is 0 Å². The van der Waals surface area contributed by atoms with Crippen molar-refractivity contribution in [3.8, 4) is 5.75 Å². The molecule has 0 fully saturated rings. The molecular formula is C24H28N2O5. The van der Waals surface area contributed by atoms with Crippen molar-refractivity contribution in [2.75, 3.05) is 26.9 Å². The Morgan fingerprint density at radius 2 is 1.77 bits per heavy atom. The van der Waals surface area contributed by atoms with Crippen molar-refractivity contribution >= 4 is 12.0 Å². The standard InChI is InChI=1S/C24H28N2O5/c1-4-29-14-15-30-23(27)21-17(2)26(3)24(28)25-22(21)19-10-12-20(13-11-19)31-16-18-8-6-5-7-9-18/h5-13,22H,4,14-16H2,1-3H3,(H,25,28)/t22-/m1/s1. The lowest BCUT2D eigenvalue weighted by atomic mass is 9.95. The molecular weight excluding hydrogens is 396 g/mol. The topological polar surface area (TPSA) is 77.1 Å². The Balaban J connectivity index is 1.74. The van der Waals surface area contributed by atoms with E-state index >= 15 is 0 Å². The molecule has 1 aliphatic heterocycles. The van der Waals surface area contributed by atoms with Gasteiger partial charge in [0.2, 0.25) is 0 Å². The summed E-state index contributed by atoms with van der Waals surface area (Å²) >= 11 is 0. The Morgan fingerprint density at radius 3 is 2.45 bits per heavy atom. The summed E-state index contributed by atoms with van der Waals surface area (Å²) in [5.74, 6) is 0.229. The van der Waals surface area contributed by atoms with E-state index in [4.69, 9.17) is 14.2 Å². The third-order valence-electron chi connectivity index (χ3n) is 5.10. The van der Waals surface area contributed by atoms with Gasteiger partial charge in [0.25, 0.3) is 0 Å². The zero-order valence-electron chi connectivity index (χ0n) is 18.1. The number of hydrogen-bond donors (Lipinski definition) is 1. The number of ether oxygens (including phenoxy) is 3. The van der Waals surface area contributed by atoms with Crippen molar-refractivity contribution in [1.82, 2.24) is 10.2 Å². The third-order valence-corrected chi connectivity index (χ3v) is 5.10. The molecule has 3 rings (SSSR count). The molecule has 0 spiro atoms. The zero-order chi connectivity index (χ0) is 22.2. The molecule has 2 aromatic carbocycles. The van der Waals surface area contributed by atoms with Gasteiger partial charge in [-0.3, -0.25) is 0 Å². The van der Waals surface area contributed by atoms with Crippen LogP contribution in [0.3, 0.4) is 0 Å². The summed E-state index contributed by atoms with van der Waals surface area (Å²) in [6.45, 7) is 5.11. The lowest BCUT2D eigenvalue weighted by Gasteiger charge is -2.33. The van der Waals surface area contributed by atoms with Gasteiger partial charge in [-0.15, -0.1) is 0 Å². The lowest BCUT2D eigenvalue weighted by Crippen LogP contribution is -2.46. The zero-order valence-corrected chi connectivity index (χ0v) is 18.1. The van der Waals surface area contributed by atoms with Gasteiger partial charge >= 0.3 is 12.0 Å². The Labute approximate surface area is 182 Å². The number of amides is 2. The number of esters is 1. The van der Waals surface area contributed by atoms with Crippen LogP contribution in [-0.4, -0.2) is 43.8 Å². The fourth-order valence-electron chi connectivity index (χ4n) is 3.26. The van der Waals surface area contributed by atoms with Crippen LogP contribution in [0.1, 0.15) is 31.0 Å². The Hall–Kier alpha value is -3.32. The molecule has 2 amide bonds. The molecule has 0 radical (unpaired) electrons. The SMILES string of the molecule is CCOCCOC(=O)C1=C(C)N(C)C(=O)N[C@@H]1c1ccc(OCc2ccccc2)cc1. The maximum atomic E-state index is 12.8. The summed E-state index contributed by atoms with van der Waals surface area (Å²) in [5.41, 5.74) is 2.80. The minimum absolute atomic E-state index is 0.153. The minimum Gasteiger partial charge on any atom is -0.489 e. The molecule has 0 saturated carbocycles. The third kappa shape index (κ3) is 5.64. The normalized spacial score (nSPS) is 16.2. The molecule has 0 aliphatic carbocycles. The Kier molecular flexibility index (Phi) is 7.67. The first-order chi connectivity index (χ1) is 15.0. The first kappa shape index (κ1) is 22.4. The summed E-state index contributed by atoms with van der Waals surface area (Å²) in [7, 11) is 1.62. The summed E-state index contributed by atoms with van der Waals surface area (Å²) < 4.78 is 16.4. The molecule has 1 heterocycles. The van der Waals surface area contributed by atoms with Gasteiger partial charge in [0.15, 0.2) is 0 Å². The number of nitrogens with one attached hydrogen (secondary N) is 1. The second-order valence-electron chi connectivity index (χ2n) is 7.12. The number of benzene rings is 2. The smallest absolute Gasteiger partial charge is 0.338 e. The molecule has 31 heavy (non-hydrogen) atoms. The molecule has 1 atom stereocenters. The average Bonchev–Trinajstić information content (AvgIpc) is 2.79. The second-order valence-corrected chi connectivity index (χ2v) is 7.12. The molecule has 0 bridgehead atoms. The molecule has 2 aromatic rings. The number of hydrogen-bond acceptors (Lipinski definition) is 5. The van der Waals surface area contributed by atoms with Gasteiger partial charge in [-0.25, -0.2) is 9.59 Å². The molecule has 0 unspecified atom stereocenters.